The molecule has 6 aromatic rings. The number of aliphatic hydroxyl groups is 1. The van der Waals surface area contributed by atoms with Gasteiger partial charge in [-0.25, -0.2) is 14.5 Å². The number of nitrogens with one attached hydrogen (secondary N) is 3. The van der Waals surface area contributed by atoms with Gasteiger partial charge in [-0.15, -0.1) is 0 Å². The van der Waals surface area contributed by atoms with Gasteiger partial charge in [0, 0.05) is 30.0 Å². The van der Waals surface area contributed by atoms with E-state index in [0.717, 1.165) is 21.7 Å². The Morgan fingerprint density at radius 1 is 0.811 bits per heavy atom. The van der Waals surface area contributed by atoms with Crippen LogP contribution in [-0.2, 0) is 29.3 Å². The quantitative estimate of drug-likeness (QED) is 0.0646. The average molecular weight is 994 g/mol. The predicted molar refractivity (Wildman–Crippen MR) is 277 cm³/mol. The molecule has 74 heavy (non-hydrogen) atoms. The summed E-state index contributed by atoms with van der Waals surface area (Å²) < 4.78 is 18.3. The molecule has 16 heteroatoms. The number of morpholine rings is 2. The molecule has 4 aliphatic rings. The highest BCUT2D eigenvalue weighted by atomic mass is 16.6. The van der Waals surface area contributed by atoms with Gasteiger partial charge < -0.3 is 45.9 Å². The van der Waals surface area contributed by atoms with E-state index in [1.807, 2.05) is 121 Å². The van der Waals surface area contributed by atoms with Gasteiger partial charge in [0.25, 0.3) is 0 Å². The molecule has 4 aliphatic heterocycles. The highest BCUT2D eigenvalue weighted by Crippen LogP contribution is 2.66. The highest BCUT2D eigenvalue weighted by molar-refractivity contribution is 6.25. The summed E-state index contributed by atoms with van der Waals surface area (Å²) in [4.78, 5) is 80.6. The largest absolute Gasteiger partial charge is 0.491 e. The summed E-state index contributed by atoms with van der Waals surface area (Å²) in [5.74, 6) is 2.53. The van der Waals surface area contributed by atoms with Crippen LogP contribution in [0.15, 0.2) is 158 Å². The second kappa shape index (κ2) is 21.3. The van der Waals surface area contributed by atoms with Crippen molar-refractivity contribution in [3.05, 3.63) is 191 Å². The fourth-order valence-electron chi connectivity index (χ4n) is 11.1. The van der Waals surface area contributed by atoms with Crippen LogP contribution >= 0.6 is 0 Å². The smallest absolute Gasteiger partial charge is 0.329 e. The molecule has 3 saturated heterocycles. The number of nitrogens with two attached hydrogens (primary N) is 1. The number of urea groups is 2. The second-order valence-corrected chi connectivity index (χ2v) is 18.5. The first-order chi connectivity index (χ1) is 36.1. The molecule has 0 aliphatic carbocycles. The number of carbonyl (C=O) groups is 5. The number of esters is 1. The number of anilines is 3. The predicted octanol–water partition coefficient (Wildman–Crippen LogP) is 6.69. The number of carbonyl (C=O) groups excluding carboxylic acids is 5. The Balaban J connectivity index is 1.23. The number of benzene rings is 6. The number of rotatable bonds is 12. The van der Waals surface area contributed by atoms with E-state index in [9.17, 15) is 9.90 Å². The van der Waals surface area contributed by atoms with Crippen LogP contribution in [0.2, 0.25) is 0 Å². The lowest BCUT2D eigenvalue weighted by Gasteiger charge is -2.46. The standard InChI is InChI=1S/C58H55N7O9/c1-37(39-14-5-2-6-15-39)61-57(71)64-47-27-22-38(13-12-28-60-56(59)70)35-46(47)58(55(64)69)48(53(67)62-43-23-25-44(26-24-43)63-29-32-72-33-30-63)50-54(68)74-51(41-18-9-4-10-19-41)49(40-16-7-3-8-17-40)65(50)52(58)42-20-11-21-45(36-42)73-34-31-66/h2-11,14-27,35-37,48-52,66H,28-34H2,1H3,(H,61,71)(H,62,67)(H3,59,60,70). The van der Waals surface area contributed by atoms with Crippen LogP contribution in [-0.4, -0.2) is 92.0 Å². The van der Waals surface area contributed by atoms with Crippen LogP contribution in [0.3, 0.4) is 0 Å². The topological polar surface area (TPSA) is 205 Å². The van der Waals surface area contributed by atoms with Crippen LogP contribution in [0, 0.1) is 17.8 Å². The lowest BCUT2D eigenvalue weighted by atomic mass is 9.65. The van der Waals surface area contributed by atoms with Gasteiger partial charge in [-0.1, -0.05) is 115 Å². The lowest BCUT2D eigenvalue weighted by molar-refractivity contribution is -0.177. The summed E-state index contributed by atoms with van der Waals surface area (Å²) in [6.07, 6.45) is -0.956. The fraction of sp³-hybridized carbons (Fsp3) is 0.259. The van der Waals surface area contributed by atoms with Gasteiger partial charge in [0.1, 0.15) is 29.9 Å². The molecular formula is C58H55N7O9. The first-order valence-corrected chi connectivity index (χ1v) is 24.6. The van der Waals surface area contributed by atoms with Crippen LogP contribution < -0.4 is 36.2 Å². The van der Waals surface area contributed by atoms with E-state index in [1.165, 1.54) is 0 Å². The molecule has 376 valence electrons. The first kappa shape index (κ1) is 49.1. The van der Waals surface area contributed by atoms with E-state index in [0.29, 0.717) is 54.4 Å². The fourth-order valence-corrected chi connectivity index (χ4v) is 11.1. The van der Waals surface area contributed by atoms with Crippen molar-refractivity contribution in [2.24, 2.45) is 11.7 Å². The number of ether oxygens (including phenoxy) is 3. The van der Waals surface area contributed by atoms with E-state index in [1.54, 1.807) is 48.5 Å². The molecule has 7 unspecified atom stereocenters. The molecular weight excluding hydrogens is 939 g/mol. The van der Waals surface area contributed by atoms with Crippen molar-refractivity contribution < 1.29 is 43.3 Å². The summed E-state index contributed by atoms with van der Waals surface area (Å²) >= 11 is 0. The van der Waals surface area contributed by atoms with Crippen molar-refractivity contribution in [2.75, 3.05) is 61.2 Å². The molecule has 7 atom stereocenters. The summed E-state index contributed by atoms with van der Waals surface area (Å²) in [5.41, 5.74) is 8.04. The molecule has 16 nitrogen and oxygen atoms in total. The minimum Gasteiger partial charge on any atom is -0.491 e. The third-order valence-corrected chi connectivity index (χ3v) is 14.2. The maximum absolute atomic E-state index is 16.8. The molecule has 0 bridgehead atoms. The SMILES string of the molecule is CC(NC(=O)N1C(=O)C2(c3cc(C#CCNC(N)=O)ccc31)C(C(=O)Nc1ccc(N3CCOCC3)cc1)C1C(=O)OC(c3ccccc3)C(c3ccccc3)N1C2c1cccc(OCCO)c1)c1ccccc1. The number of fused-ring (bicyclic) bond motifs is 3. The Kier molecular flexibility index (Phi) is 14.1. The van der Waals surface area contributed by atoms with Crippen LogP contribution in [0.25, 0.3) is 0 Å². The number of hydrogen-bond donors (Lipinski definition) is 5. The average Bonchev–Trinajstić information content (AvgIpc) is 3.95. The Morgan fingerprint density at radius 2 is 1.49 bits per heavy atom. The zero-order chi connectivity index (χ0) is 51.3. The zero-order valence-electron chi connectivity index (χ0n) is 40.6. The third kappa shape index (κ3) is 9.28. The Bertz CT molecular complexity index is 3110. The molecule has 0 saturated carbocycles. The van der Waals surface area contributed by atoms with E-state index in [4.69, 9.17) is 19.9 Å². The lowest BCUT2D eigenvalue weighted by Crippen LogP contribution is -2.55. The van der Waals surface area contributed by atoms with Gasteiger partial charge >= 0.3 is 18.0 Å². The van der Waals surface area contributed by atoms with Gasteiger partial charge in [-0.3, -0.25) is 19.3 Å². The number of imide groups is 1. The molecule has 6 amide bonds. The molecule has 6 N–H and O–H groups in total. The molecule has 0 aromatic heterocycles. The maximum Gasteiger partial charge on any atom is 0.329 e. The molecule has 10 rings (SSSR count). The molecule has 1 spiro atoms. The van der Waals surface area contributed by atoms with Gasteiger partial charge in [0.05, 0.1) is 56.1 Å². The van der Waals surface area contributed by atoms with Crippen molar-refractivity contribution >= 4 is 46.9 Å². The highest BCUT2D eigenvalue weighted by Gasteiger charge is 2.75. The van der Waals surface area contributed by atoms with Crippen LogP contribution in [0.1, 0.15) is 64.5 Å². The van der Waals surface area contributed by atoms with Gasteiger partial charge in [-0.2, -0.15) is 0 Å². The molecule has 6 aromatic carbocycles. The van der Waals surface area contributed by atoms with Crippen molar-refractivity contribution in [3.8, 4) is 17.6 Å². The Labute approximate surface area is 428 Å². The Morgan fingerprint density at radius 3 is 2.18 bits per heavy atom. The van der Waals surface area contributed by atoms with Gasteiger partial charge in [0.15, 0.2) is 0 Å². The van der Waals surface area contributed by atoms with Crippen molar-refractivity contribution in [3.63, 3.8) is 0 Å². The maximum atomic E-state index is 16.8. The molecule has 3 fully saturated rings. The molecule has 0 radical (unpaired) electrons. The minimum absolute atomic E-state index is 0.0437. The van der Waals surface area contributed by atoms with Crippen molar-refractivity contribution in [1.82, 2.24) is 15.5 Å². The van der Waals surface area contributed by atoms with Gasteiger partial charge in [-0.05, 0) is 89.3 Å². The zero-order valence-corrected chi connectivity index (χ0v) is 40.6. The molecule has 4 heterocycles. The summed E-state index contributed by atoms with van der Waals surface area (Å²) in [7, 11) is 0. The van der Waals surface area contributed by atoms with E-state index in [2.05, 4.69) is 32.7 Å². The summed E-state index contributed by atoms with van der Waals surface area (Å²) in [6, 6.07) is 41.8. The summed E-state index contributed by atoms with van der Waals surface area (Å²) in [5, 5.41) is 18.5. The van der Waals surface area contributed by atoms with Crippen LogP contribution in [0.4, 0.5) is 26.7 Å². The van der Waals surface area contributed by atoms with Crippen molar-refractivity contribution in [2.45, 2.75) is 42.6 Å². The first-order valence-electron chi connectivity index (χ1n) is 24.6. The number of amides is 6. The van der Waals surface area contributed by atoms with Gasteiger partial charge in [0.2, 0.25) is 11.8 Å². The number of primary amides is 1. The monoisotopic (exact) mass is 993 g/mol. The normalized spacial score (nSPS) is 22.4. The van der Waals surface area contributed by atoms with E-state index >= 15 is 19.2 Å². The third-order valence-electron chi connectivity index (χ3n) is 14.2. The number of aliphatic hydroxyl groups excluding tert-OH is 1. The number of hydrogen-bond acceptors (Lipinski definition) is 11. The van der Waals surface area contributed by atoms with Crippen LogP contribution in [0.5, 0.6) is 5.75 Å². The number of cyclic esters (lactones) is 1. The number of nitrogens with zero attached hydrogens (tertiary/aromatic N) is 3. The minimum atomic E-state index is -2.11. The Hall–Kier alpha value is -8.49. The summed E-state index contributed by atoms with van der Waals surface area (Å²) in [6.45, 7) is 3.94. The van der Waals surface area contributed by atoms with E-state index < -0.39 is 71.5 Å². The second-order valence-electron chi connectivity index (χ2n) is 18.5. The van der Waals surface area contributed by atoms with Crippen molar-refractivity contribution in [1.29, 1.82) is 0 Å². The van der Waals surface area contributed by atoms with E-state index in [-0.39, 0.29) is 31.0 Å².